The molecule has 6 heteroatoms. The lowest BCUT2D eigenvalue weighted by atomic mass is 10.2. The minimum absolute atomic E-state index is 0.0328. The molecule has 0 amide bonds. The third-order valence-electron chi connectivity index (χ3n) is 3.07. The van der Waals surface area contributed by atoms with Gasteiger partial charge in [-0.15, -0.1) is 0 Å². The zero-order valence-corrected chi connectivity index (χ0v) is 12.5. The molecule has 0 bridgehead atoms. The van der Waals surface area contributed by atoms with Gasteiger partial charge in [-0.3, -0.25) is 10.1 Å². The van der Waals surface area contributed by atoms with Gasteiger partial charge in [-0.1, -0.05) is 23.7 Å². The summed E-state index contributed by atoms with van der Waals surface area (Å²) in [4.78, 5) is 10.5. The normalized spacial score (nSPS) is 10.4. The Kier molecular flexibility index (Phi) is 4.77. The standard InChI is InChI=1S/C15H15ClN2O3/c1-10-14(18(19)20)4-3-5-15(10)21-12-7-6-11(9-17-2)13(16)8-12/h3-8,17H,9H2,1-2H3. The molecule has 2 rings (SSSR count). The van der Waals surface area contributed by atoms with Crippen LogP contribution in [0.2, 0.25) is 5.02 Å². The van der Waals surface area contributed by atoms with E-state index < -0.39 is 4.92 Å². The second-order valence-corrected chi connectivity index (χ2v) is 4.95. The van der Waals surface area contributed by atoms with Crippen LogP contribution in [0.15, 0.2) is 36.4 Å². The summed E-state index contributed by atoms with van der Waals surface area (Å²) in [6, 6.07) is 10.1. The van der Waals surface area contributed by atoms with Gasteiger partial charge in [-0.25, -0.2) is 0 Å². The molecule has 0 saturated heterocycles. The number of nitrogens with one attached hydrogen (secondary N) is 1. The fourth-order valence-electron chi connectivity index (χ4n) is 1.96. The molecule has 0 aliphatic carbocycles. The molecular weight excluding hydrogens is 292 g/mol. The van der Waals surface area contributed by atoms with Gasteiger partial charge in [0.1, 0.15) is 11.5 Å². The van der Waals surface area contributed by atoms with E-state index in [9.17, 15) is 10.1 Å². The Hall–Kier alpha value is -2.11. The molecular formula is C15H15ClN2O3. The molecule has 0 fully saturated rings. The van der Waals surface area contributed by atoms with Gasteiger partial charge in [0, 0.05) is 17.6 Å². The highest BCUT2D eigenvalue weighted by Crippen LogP contribution is 2.32. The first kappa shape index (κ1) is 15.3. The van der Waals surface area contributed by atoms with Gasteiger partial charge >= 0.3 is 0 Å². The Balaban J connectivity index is 2.28. The Morgan fingerprint density at radius 1 is 1.33 bits per heavy atom. The number of ether oxygens (including phenoxy) is 1. The number of nitro groups is 1. The molecule has 0 spiro atoms. The molecule has 0 aliphatic heterocycles. The van der Waals surface area contributed by atoms with E-state index in [0.717, 1.165) is 5.56 Å². The van der Waals surface area contributed by atoms with E-state index in [-0.39, 0.29) is 5.69 Å². The maximum Gasteiger partial charge on any atom is 0.276 e. The van der Waals surface area contributed by atoms with Gasteiger partial charge in [0.15, 0.2) is 0 Å². The zero-order chi connectivity index (χ0) is 15.4. The Morgan fingerprint density at radius 2 is 2.10 bits per heavy atom. The van der Waals surface area contributed by atoms with E-state index in [1.807, 2.05) is 13.1 Å². The Morgan fingerprint density at radius 3 is 2.71 bits per heavy atom. The van der Waals surface area contributed by atoms with Gasteiger partial charge < -0.3 is 10.1 Å². The molecule has 0 saturated carbocycles. The van der Waals surface area contributed by atoms with Crippen molar-refractivity contribution in [3.8, 4) is 11.5 Å². The largest absolute Gasteiger partial charge is 0.457 e. The molecule has 0 atom stereocenters. The fourth-order valence-corrected chi connectivity index (χ4v) is 2.20. The second kappa shape index (κ2) is 6.56. The quantitative estimate of drug-likeness (QED) is 0.668. The van der Waals surface area contributed by atoms with Gasteiger partial charge in [-0.05, 0) is 37.7 Å². The number of rotatable bonds is 5. The molecule has 0 heterocycles. The lowest BCUT2D eigenvalue weighted by Crippen LogP contribution is -2.05. The van der Waals surface area contributed by atoms with Gasteiger partial charge in [0.05, 0.1) is 10.5 Å². The third-order valence-corrected chi connectivity index (χ3v) is 3.42. The zero-order valence-electron chi connectivity index (χ0n) is 11.7. The molecule has 110 valence electrons. The van der Waals surface area contributed by atoms with Crippen molar-refractivity contribution in [1.82, 2.24) is 5.32 Å². The predicted molar refractivity (Wildman–Crippen MR) is 82.1 cm³/mol. The summed E-state index contributed by atoms with van der Waals surface area (Å²) in [5.74, 6) is 0.991. The van der Waals surface area contributed by atoms with E-state index in [0.29, 0.717) is 28.6 Å². The van der Waals surface area contributed by atoms with E-state index in [4.69, 9.17) is 16.3 Å². The summed E-state index contributed by atoms with van der Waals surface area (Å²) >= 11 is 6.17. The van der Waals surface area contributed by atoms with Crippen molar-refractivity contribution in [2.75, 3.05) is 7.05 Å². The number of nitrogens with zero attached hydrogens (tertiary/aromatic N) is 1. The van der Waals surface area contributed by atoms with Crippen LogP contribution >= 0.6 is 11.6 Å². The number of hydrogen-bond donors (Lipinski definition) is 1. The number of benzene rings is 2. The first-order valence-corrected chi connectivity index (χ1v) is 6.75. The van der Waals surface area contributed by atoms with Crippen molar-refractivity contribution in [2.45, 2.75) is 13.5 Å². The molecule has 1 N–H and O–H groups in total. The Labute approximate surface area is 127 Å². The summed E-state index contributed by atoms with van der Waals surface area (Å²) in [7, 11) is 1.84. The minimum atomic E-state index is -0.425. The van der Waals surface area contributed by atoms with Crippen LogP contribution < -0.4 is 10.1 Å². The molecule has 2 aromatic rings. The van der Waals surface area contributed by atoms with Gasteiger partial charge in [-0.2, -0.15) is 0 Å². The van der Waals surface area contributed by atoms with Crippen molar-refractivity contribution >= 4 is 17.3 Å². The van der Waals surface area contributed by atoms with Gasteiger partial charge in [0.25, 0.3) is 5.69 Å². The first-order chi connectivity index (χ1) is 10.0. The van der Waals surface area contributed by atoms with Crippen LogP contribution in [0.25, 0.3) is 0 Å². The van der Waals surface area contributed by atoms with Crippen LogP contribution in [0.5, 0.6) is 11.5 Å². The molecule has 2 aromatic carbocycles. The first-order valence-electron chi connectivity index (χ1n) is 6.38. The van der Waals surface area contributed by atoms with Crippen LogP contribution in [0, 0.1) is 17.0 Å². The highest BCUT2D eigenvalue weighted by atomic mass is 35.5. The monoisotopic (exact) mass is 306 g/mol. The van der Waals surface area contributed by atoms with Crippen molar-refractivity contribution in [2.24, 2.45) is 0 Å². The van der Waals surface area contributed by atoms with Crippen molar-refractivity contribution in [3.63, 3.8) is 0 Å². The molecule has 21 heavy (non-hydrogen) atoms. The number of halogens is 1. The van der Waals surface area contributed by atoms with Crippen LogP contribution in [-0.2, 0) is 6.54 Å². The van der Waals surface area contributed by atoms with Crippen LogP contribution in [0.3, 0.4) is 0 Å². The summed E-state index contributed by atoms with van der Waals surface area (Å²) in [5.41, 5.74) is 1.48. The van der Waals surface area contributed by atoms with Crippen molar-refractivity contribution in [1.29, 1.82) is 0 Å². The summed E-state index contributed by atoms with van der Waals surface area (Å²) in [6.07, 6.45) is 0. The van der Waals surface area contributed by atoms with Gasteiger partial charge in [0.2, 0.25) is 0 Å². The lowest BCUT2D eigenvalue weighted by Gasteiger charge is -2.10. The van der Waals surface area contributed by atoms with Crippen molar-refractivity contribution < 1.29 is 9.66 Å². The van der Waals surface area contributed by atoms with Crippen LogP contribution in [0.4, 0.5) is 5.69 Å². The van der Waals surface area contributed by atoms with E-state index in [1.54, 1.807) is 31.2 Å². The van der Waals surface area contributed by atoms with Crippen LogP contribution in [-0.4, -0.2) is 12.0 Å². The average Bonchev–Trinajstić information content (AvgIpc) is 2.44. The second-order valence-electron chi connectivity index (χ2n) is 4.54. The fraction of sp³-hybridized carbons (Fsp3) is 0.200. The smallest absolute Gasteiger partial charge is 0.276 e. The molecule has 0 aromatic heterocycles. The minimum Gasteiger partial charge on any atom is -0.457 e. The number of nitro benzene ring substituents is 1. The highest BCUT2D eigenvalue weighted by molar-refractivity contribution is 6.31. The topological polar surface area (TPSA) is 64.4 Å². The lowest BCUT2D eigenvalue weighted by molar-refractivity contribution is -0.385. The molecule has 0 radical (unpaired) electrons. The maximum absolute atomic E-state index is 10.9. The Bertz CT molecular complexity index is 674. The highest BCUT2D eigenvalue weighted by Gasteiger charge is 2.15. The van der Waals surface area contributed by atoms with Crippen LogP contribution in [0.1, 0.15) is 11.1 Å². The SMILES string of the molecule is CNCc1ccc(Oc2cccc([N+](=O)[O-])c2C)cc1Cl. The summed E-state index contributed by atoms with van der Waals surface area (Å²) in [5, 5.41) is 14.5. The average molecular weight is 307 g/mol. The summed E-state index contributed by atoms with van der Waals surface area (Å²) in [6.45, 7) is 2.32. The van der Waals surface area contributed by atoms with E-state index in [2.05, 4.69) is 5.32 Å². The van der Waals surface area contributed by atoms with E-state index >= 15 is 0 Å². The third kappa shape index (κ3) is 3.51. The molecule has 5 nitrogen and oxygen atoms in total. The number of hydrogen-bond acceptors (Lipinski definition) is 4. The molecule has 0 aliphatic rings. The maximum atomic E-state index is 10.9. The predicted octanol–water partition coefficient (Wildman–Crippen LogP) is 4.07. The molecule has 0 unspecified atom stereocenters. The van der Waals surface area contributed by atoms with E-state index in [1.165, 1.54) is 6.07 Å². The summed E-state index contributed by atoms with van der Waals surface area (Å²) < 4.78 is 5.70. The van der Waals surface area contributed by atoms with Crippen molar-refractivity contribution in [3.05, 3.63) is 62.7 Å².